The van der Waals surface area contributed by atoms with Gasteiger partial charge in [-0.15, -0.1) is 10.2 Å². The van der Waals surface area contributed by atoms with Crippen LogP contribution in [0.2, 0.25) is 0 Å². The van der Waals surface area contributed by atoms with Crippen LogP contribution in [0.1, 0.15) is 48.9 Å². The summed E-state index contributed by atoms with van der Waals surface area (Å²) < 4.78 is 2.21. The molecular formula is C18H28N8. The lowest BCUT2D eigenvalue weighted by Gasteiger charge is -2.32. The van der Waals surface area contributed by atoms with Gasteiger partial charge in [-0.3, -0.25) is 4.90 Å². The molecule has 2 saturated heterocycles. The second-order valence-electron chi connectivity index (χ2n) is 7.50. The zero-order chi connectivity index (χ0) is 18.1. The third-order valence-electron chi connectivity index (χ3n) is 5.60. The molecule has 140 valence electrons. The molecule has 0 bridgehead atoms. The van der Waals surface area contributed by atoms with Crippen molar-refractivity contribution in [2.24, 2.45) is 7.05 Å². The first-order valence-corrected chi connectivity index (χ1v) is 9.57. The average molecular weight is 356 g/mol. The van der Waals surface area contributed by atoms with Crippen LogP contribution in [-0.4, -0.2) is 55.8 Å². The van der Waals surface area contributed by atoms with Crippen LogP contribution in [0, 0.1) is 6.92 Å². The van der Waals surface area contributed by atoms with E-state index in [1.165, 1.54) is 25.9 Å². The molecule has 0 unspecified atom stereocenters. The smallest absolute Gasteiger partial charge is 0.222 e. The molecule has 2 aromatic rings. The molecule has 0 saturated carbocycles. The fourth-order valence-electron chi connectivity index (χ4n) is 4.11. The van der Waals surface area contributed by atoms with Crippen LogP contribution in [0.4, 0.5) is 11.8 Å². The average Bonchev–Trinajstić information content (AvgIpc) is 3.25. The molecule has 0 aliphatic carbocycles. The highest BCUT2D eigenvalue weighted by Crippen LogP contribution is 2.29. The zero-order valence-electron chi connectivity index (χ0n) is 15.7. The van der Waals surface area contributed by atoms with Gasteiger partial charge in [0.25, 0.3) is 0 Å². The summed E-state index contributed by atoms with van der Waals surface area (Å²) in [5, 5.41) is 9.00. The molecule has 8 nitrogen and oxygen atoms in total. The zero-order valence-corrected chi connectivity index (χ0v) is 15.7. The molecule has 0 aromatic carbocycles. The number of aryl methyl sites for hydroxylation is 1. The van der Waals surface area contributed by atoms with Crippen LogP contribution in [0.5, 0.6) is 0 Å². The van der Waals surface area contributed by atoms with Gasteiger partial charge in [-0.2, -0.15) is 4.98 Å². The SMILES string of the molecule is Cc1cc(N2CCC(c3nnc(CN4CCCC4)n3C)CC2)nc(N)n1. The quantitative estimate of drug-likeness (QED) is 0.887. The maximum absolute atomic E-state index is 5.80. The summed E-state index contributed by atoms with van der Waals surface area (Å²) >= 11 is 0. The van der Waals surface area contributed by atoms with E-state index in [0.29, 0.717) is 11.9 Å². The Morgan fingerprint density at radius 1 is 1.08 bits per heavy atom. The number of anilines is 2. The van der Waals surface area contributed by atoms with Crippen molar-refractivity contribution in [3.05, 3.63) is 23.4 Å². The lowest BCUT2D eigenvalue weighted by Crippen LogP contribution is -2.34. The summed E-state index contributed by atoms with van der Waals surface area (Å²) in [4.78, 5) is 13.3. The van der Waals surface area contributed by atoms with Gasteiger partial charge in [0.1, 0.15) is 17.5 Å². The van der Waals surface area contributed by atoms with E-state index in [9.17, 15) is 0 Å². The summed E-state index contributed by atoms with van der Waals surface area (Å²) in [7, 11) is 2.11. The number of hydrogen-bond donors (Lipinski definition) is 1. The molecule has 8 heteroatoms. The Hall–Kier alpha value is -2.22. The molecule has 2 N–H and O–H groups in total. The highest BCUT2D eigenvalue weighted by atomic mass is 15.3. The second-order valence-corrected chi connectivity index (χ2v) is 7.50. The van der Waals surface area contributed by atoms with E-state index in [2.05, 4.69) is 41.6 Å². The normalized spacial score (nSPS) is 19.4. The van der Waals surface area contributed by atoms with E-state index in [4.69, 9.17) is 5.73 Å². The van der Waals surface area contributed by atoms with Gasteiger partial charge in [-0.1, -0.05) is 0 Å². The van der Waals surface area contributed by atoms with E-state index in [-0.39, 0.29) is 0 Å². The Morgan fingerprint density at radius 3 is 2.50 bits per heavy atom. The van der Waals surface area contributed by atoms with Gasteiger partial charge < -0.3 is 15.2 Å². The van der Waals surface area contributed by atoms with Crippen molar-refractivity contribution < 1.29 is 0 Å². The van der Waals surface area contributed by atoms with Crippen molar-refractivity contribution in [3.8, 4) is 0 Å². The highest BCUT2D eigenvalue weighted by molar-refractivity contribution is 5.43. The number of aromatic nitrogens is 5. The maximum atomic E-state index is 5.80. The van der Waals surface area contributed by atoms with Crippen molar-refractivity contribution in [1.29, 1.82) is 0 Å². The van der Waals surface area contributed by atoms with Crippen molar-refractivity contribution in [1.82, 2.24) is 29.6 Å². The van der Waals surface area contributed by atoms with Gasteiger partial charge in [-0.05, 0) is 45.7 Å². The molecule has 26 heavy (non-hydrogen) atoms. The highest BCUT2D eigenvalue weighted by Gasteiger charge is 2.26. The van der Waals surface area contributed by atoms with E-state index in [1.54, 1.807) is 0 Å². The third-order valence-corrected chi connectivity index (χ3v) is 5.60. The van der Waals surface area contributed by atoms with E-state index in [0.717, 1.165) is 55.6 Å². The first kappa shape index (κ1) is 17.2. The molecule has 2 fully saturated rings. The van der Waals surface area contributed by atoms with Crippen LogP contribution in [0.15, 0.2) is 6.07 Å². The molecule has 4 rings (SSSR count). The van der Waals surface area contributed by atoms with Gasteiger partial charge in [0, 0.05) is 37.8 Å². The summed E-state index contributed by atoms with van der Waals surface area (Å²) in [5.74, 6) is 3.94. The Labute approximate surface area is 154 Å². The number of piperidine rings is 1. The van der Waals surface area contributed by atoms with Gasteiger partial charge in [0.15, 0.2) is 0 Å². The molecule has 2 aromatic heterocycles. The summed E-state index contributed by atoms with van der Waals surface area (Å²) in [5.41, 5.74) is 6.71. The predicted octanol–water partition coefficient (Wildman–Crippen LogP) is 1.48. The van der Waals surface area contributed by atoms with Crippen LogP contribution < -0.4 is 10.6 Å². The molecular weight excluding hydrogens is 328 g/mol. The topological polar surface area (TPSA) is 89.0 Å². The Morgan fingerprint density at radius 2 is 1.81 bits per heavy atom. The molecule has 0 atom stereocenters. The van der Waals surface area contributed by atoms with Gasteiger partial charge in [0.2, 0.25) is 5.95 Å². The van der Waals surface area contributed by atoms with Crippen molar-refractivity contribution in [2.45, 2.75) is 45.1 Å². The van der Waals surface area contributed by atoms with Crippen LogP contribution >= 0.6 is 0 Å². The van der Waals surface area contributed by atoms with Crippen molar-refractivity contribution >= 4 is 11.8 Å². The fraction of sp³-hybridized carbons (Fsp3) is 0.667. The monoisotopic (exact) mass is 356 g/mol. The fourth-order valence-corrected chi connectivity index (χ4v) is 4.11. The van der Waals surface area contributed by atoms with Gasteiger partial charge in [0.05, 0.1) is 6.54 Å². The minimum atomic E-state index is 0.349. The first-order valence-electron chi connectivity index (χ1n) is 9.57. The van der Waals surface area contributed by atoms with Crippen LogP contribution in [0.25, 0.3) is 0 Å². The van der Waals surface area contributed by atoms with Crippen LogP contribution in [-0.2, 0) is 13.6 Å². The minimum absolute atomic E-state index is 0.349. The molecule has 0 radical (unpaired) electrons. The standard InChI is InChI=1S/C18H28N8/c1-13-11-15(21-18(19)20-13)26-9-5-14(6-10-26)17-23-22-16(24(17)2)12-25-7-3-4-8-25/h11,14H,3-10,12H2,1-2H3,(H2,19,20,21). The number of likely N-dealkylation sites (tertiary alicyclic amines) is 1. The lowest BCUT2D eigenvalue weighted by molar-refractivity contribution is 0.317. The van der Waals surface area contributed by atoms with Crippen molar-refractivity contribution in [2.75, 3.05) is 36.8 Å². The third kappa shape index (κ3) is 3.51. The molecule has 2 aliphatic rings. The lowest BCUT2D eigenvalue weighted by atomic mass is 9.96. The summed E-state index contributed by atoms with van der Waals surface area (Å²) in [6, 6.07) is 2.01. The van der Waals surface area contributed by atoms with Crippen LogP contribution in [0.3, 0.4) is 0 Å². The number of nitrogens with zero attached hydrogens (tertiary/aromatic N) is 7. The number of rotatable bonds is 4. The van der Waals surface area contributed by atoms with Gasteiger partial charge >= 0.3 is 0 Å². The van der Waals surface area contributed by atoms with E-state index >= 15 is 0 Å². The maximum Gasteiger partial charge on any atom is 0.222 e. The van der Waals surface area contributed by atoms with Gasteiger partial charge in [-0.25, -0.2) is 4.98 Å². The predicted molar refractivity (Wildman–Crippen MR) is 101 cm³/mol. The Kier molecular flexibility index (Phi) is 4.76. The second kappa shape index (κ2) is 7.19. The van der Waals surface area contributed by atoms with E-state index < -0.39 is 0 Å². The molecule has 2 aliphatic heterocycles. The largest absolute Gasteiger partial charge is 0.368 e. The Balaban J connectivity index is 1.41. The number of nitrogens with two attached hydrogens (primary N) is 1. The van der Waals surface area contributed by atoms with E-state index in [1.807, 2.05) is 13.0 Å². The summed E-state index contributed by atoms with van der Waals surface area (Å²) in [6.07, 6.45) is 4.71. The number of hydrogen-bond acceptors (Lipinski definition) is 7. The number of nitrogen functional groups attached to an aromatic ring is 1. The molecule has 4 heterocycles. The first-order chi connectivity index (χ1) is 12.6. The Bertz CT molecular complexity index is 736. The van der Waals surface area contributed by atoms with Crippen molar-refractivity contribution in [3.63, 3.8) is 0 Å². The minimum Gasteiger partial charge on any atom is -0.368 e. The molecule has 0 amide bonds. The summed E-state index contributed by atoms with van der Waals surface area (Å²) in [6.45, 7) is 7.14. The molecule has 0 spiro atoms.